The largest absolute Gasteiger partial charge is 0.497 e. The molecule has 0 aliphatic heterocycles. The molecule has 0 bridgehead atoms. The average molecular weight is 259 g/mol. The summed E-state index contributed by atoms with van der Waals surface area (Å²) in [5.74, 6) is 1.25. The van der Waals surface area contributed by atoms with Crippen LogP contribution in [0.15, 0.2) is 42.5 Å². The Bertz CT molecular complexity index is 569. The monoisotopic (exact) mass is 259 g/mol. The molecule has 0 fully saturated rings. The number of aliphatic hydroxyl groups is 1. The van der Waals surface area contributed by atoms with E-state index in [1.807, 2.05) is 18.2 Å². The SMILES string of the molecule is COc1cccc(C(O)c2cccc(OC)c2N)c1. The second kappa shape index (κ2) is 5.63. The number of para-hydroxylation sites is 1. The molecule has 0 saturated carbocycles. The molecule has 0 aliphatic carbocycles. The second-order valence-electron chi connectivity index (χ2n) is 4.14. The van der Waals surface area contributed by atoms with Gasteiger partial charge in [-0.05, 0) is 23.8 Å². The van der Waals surface area contributed by atoms with Crippen molar-refractivity contribution in [2.45, 2.75) is 6.10 Å². The van der Waals surface area contributed by atoms with Gasteiger partial charge in [-0.2, -0.15) is 0 Å². The maximum atomic E-state index is 10.4. The normalized spacial score (nSPS) is 11.9. The van der Waals surface area contributed by atoms with Crippen LogP contribution in [0.1, 0.15) is 17.2 Å². The molecule has 0 radical (unpaired) electrons. The van der Waals surface area contributed by atoms with Crippen LogP contribution in [0.5, 0.6) is 11.5 Å². The first kappa shape index (κ1) is 13.2. The molecule has 0 amide bonds. The quantitative estimate of drug-likeness (QED) is 0.827. The van der Waals surface area contributed by atoms with Gasteiger partial charge in [-0.25, -0.2) is 0 Å². The van der Waals surface area contributed by atoms with Crippen molar-refractivity contribution in [2.24, 2.45) is 0 Å². The first-order chi connectivity index (χ1) is 9.17. The fourth-order valence-electron chi connectivity index (χ4n) is 1.97. The van der Waals surface area contributed by atoms with Crippen LogP contribution in [0.25, 0.3) is 0 Å². The van der Waals surface area contributed by atoms with Gasteiger partial charge in [0, 0.05) is 5.56 Å². The van der Waals surface area contributed by atoms with E-state index >= 15 is 0 Å². The number of benzene rings is 2. The summed E-state index contributed by atoms with van der Waals surface area (Å²) in [5.41, 5.74) is 7.77. The summed E-state index contributed by atoms with van der Waals surface area (Å²) in [6, 6.07) is 12.6. The van der Waals surface area contributed by atoms with Crippen LogP contribution in [0.4, 0.5) is 5.69 Å². The molecule has 0 spiro atoms. The second-order valence-corrected chi connectivity index (χ2v) is 4.14. The Kier molecular flexibility index (Phi) is 3.92. The van der Waals surface area contributed by atoms with E-state index < -0.39 is 6.10 Å². The average Bonchev–Trinajstić information content (AvgIpc) is 2.47. The molecule has 2 aromatic rings. The van der Waals surface area contributed by atoms with Gasteiger partial charge in [0.2, 0.25) is 0 Å². The molecule has 1 unspecified atom stereocenters. The van der Waals surface area contributed by atoms with Gasteiger partial charge in [-0.15, -0.1) is 0 Å². The van der Waals surface area contributed by atoms with E-state index in [1.165, 1.54) is 0 Å². The lowest BCUT2D eigenvalue weighted by atomic mass is 9.99. The van der Waals surface area contributed by atoms with Gasteiger partial charge in [-0.1, -0.05) is 24.3 Å². The minimum Gasteiger partial charge on any atom is -0.497 e. The van der Waals surface area contributed by atoms with Crippen molar-refractivity contribution in [1.82, 2.24) is 0 Å². The van der Waals surface area contributed by atoms with Crippen LogP contribution in [-0.4, -0.2) is 19.3 Å². The van der Waals surface area contributed by atoms with Crippen molar-refractivity contribution in [3.8, 4) is 11.5 Å². The highest BCUT2D eigenvalue weighted by molar-refractivity contribution is 5.60. The van der Waals surface area contributed by atoms with Gasteiger partial charge < -0.3 is 20.3 Å². The van der Waals surface area contributed by atoms with Crippen LogP contribution >= 0.6 is 0 Å². The first-order valence-corrected chi connectivity index (χ1v) is 5.91. The molecule has 1 atom stereocenters. The number of rotatable bonds is 4. The predicted octanol–water partition coefficient (Wildman–Crippen LogP) is 2.37. The highest BCUT2D eigenvalue weighted by Gasteiger charge is 2.16. The molecule has 4 heteroatoms. The van der Waals surface area contributed by atoms with E-state index in [9.17, 15) is 5.11 Å². The molecular formula is C15H17NO3. The van der Waals surface area contributed by atoms with Crippen molar-refractivity contribution in [3.63, 3.8) is 0 Å². The van der Waals surface area contributed by atoms with Crippen LogP contribution in [0, 0.1) is 0 Å². The smallest absolute Gasteiger partial charge is 0.142 e. The number of methoxy groups -OCH3 is 2. The van der Waals surface area contributed by atoms with Crippen molar-refractivity contribution >= 4 is 5.69 Å². The van der Waals surface area contributed by atoms with Gasteiger partial charge in [0.1, 0.15) is 17.6 Å². The number of nitrogen functional groups attached to an aromatic ring is 1. The van der Waals surface area contributed by atoms with Gasteiger partial charge in [0.15, 0.2) is 0 Å². The van der Waals surface area contributed by atoms with E-state index in [1.54, 1.807) is 38.5 Å². The van der Waals surface area contributed by atoms with E-state index in [0.717, 1.165) is 5.56 Å². The van der Waals surface area contributed by atoms with E-state index in [4.69, 9.17) is 15.2 Å². The Morgan fingerprint density at radius 3 is 2.47 bits per heavy atom. The maximum absolute atomic E-state index is 10.4. The topological polar surface area (TPSA) is 64.7 Å². The molecule has 2 rings (SSSR count). The summed E-state index contributed by atoms with van der Waals surface area (Å²) >= 11 is 0. The lowest BCUT2D eigenvalue weighted by Crippen LogP contribution is -2.05. The van der Waals surface area contributed by atoms with Gasteiger partial charge >= 0.3 is 0 Å². The number of hydrogen-bond donors (Lipinski definition) is 2. The standard InChI is InChI=1S/C15H17NO3/c1-18-11-6-3-5-10(9-11)15(17)12-7-4-8-13(19-2)14(12)16/h3-9,15,17H,16H2,1-2H3. The third-order valence-electron chi connectivity index (χ3n) is 3.02. The number of ether oxygens (including phenoxy) is 2. The number of anilines is 1. The van der Waals surface area contributed by atoms with Crippen molar-refractivity contribution in [3.05, 3.63) is 53.6 Å². The number of aliphatic hydroxyl groups excluding tert-OH is 1. The third-order valence-corrected chi connectivity index (χ3v) is 3.02. The fourth-order valence-corrected chi connectivity index (χ4v) is 1.97. The van der Waals surface area contributed by atoms with Gasteiger partial charge in [0.05, 0.1) is 19.9 Å². The summed E-state index contributed by atoms with van der Waals surface area (Å²) in [5, 5.41) is 10.4. The first-order valence-electron chi connectivity index (χ1n) is 5.91. The summed E-state index contributed by atoms with van der Waals surface area (Å²) in [6.07, 6.45) is -0.815. The molecule has 0 heterocycles. The molecule has 19 heavy (non-hydrogen) atoms. The summed E-state index contributed by atoms with van der Waals surface area (Å²) < 4.78 is 10.3. The van der Waals surface area contributed by atoms with Crippen molar-refractivity contribution < 1.29 is 14.6 Å². The highest BCUT2D eigenvalue weighted by Crippen LogP contribution is 2.33. The maximum Gasteiger partial charge on any atom is 0.142 e. The Morgan fingerprint density at radius 1 is 1.05 bits per heavy atom. The van der Waals surface area contributed by atoms with E-state index in [-0.39, 0.29) is 0 Å². The van der Waals surface area contributed by atoms with Gasteiger partial charge in [-0.3, -0.25) is 0 Å². The zero-order valence-corrected chi connectivity index (χ0v) is 11.0. The summed E-state index contributed by atoms with van der Waals surface area (Å²) in [7, 11) is 3.14. The Hall–Kier alpha value is -2.20. The predicted molar refractivity (Wildman–Crippen MR) is 74.5 cm³/mol. The molecule has 100 valence electrons. The number of nitrogens with two attached hydrogens (primary N) is 1. The van der Waals surface area contributed by atoms with Crippen LogP contribution in [0.2, 0.25) is 0 Å². The highest BCUT2D eigenvalue weighted by atomic mass is 16.5. The minimum atomic E-state index is -0.815. The van der Waals surface area contributed by atoms with Crippen LogP contribution in [0.3, 0.4) is 0 Å². The van der Waals surface area contributed by atoms with Crippen molar-refractivity contribution in [2.75, 3.05) is 20.0 Å². The molecule has 0 aromatic heterocycles. The Labute approximate surface area is 112 Å². The van der Waals surface area contributed by atoms with Crippen molar-refractivity contribution in [1.29, 1.82) is 0 Å². The summed E-state index contributed by atoms with van der Waals surface area (Å²) in [6.45, 7) is 0. The Morgan fingerprint density at radius 2 is 1.79 bits per heavy atom. The van der Waals surface area contributed by atoms with Crippen LogP contribution < -0.4 is 15.2 Å². The third kappa shape index (κ3) is 2.63. The lowest BCUT2D eigenvalue weighted by molar-refractivity contribution is 0.220. The van der Waals surface area contributed by atoms with E-state index in [2.05, 4.69) is 0 Å². The zero-order valence-electron chi connectivity index (χ0n) is 11.0. The zero-order chi connectivity index (χ0) is 13.8. The molecular weight excluding hydrogens is 242 g/mol. The molecule has 3 N–H and O–H groups in total. The molecule has 0 aliphatic rings. The van der Waals surface area contributed by atoms with Crippen LogP contribution in [-0.2, 0) is 0 Å². The fraction of sp³-hybridized carbons (Fsp3) is 0.200. The number of hydrogen-bond acceptors (Lipinski definition) is 4. The minimum absolute atomic E-state index is 0.445. The molecule has 0 saturated heterocycles. The summed E-state index contributed by atoms with van der Waals surface area (Å²) in [4.78, 5) is 0. The van der Waals surface area contributed by atoms with E-state index in [0.29, 0.717) is 22.7 Å². The lowest BCUT2D eigenvalue weighted by Gasteiger charge is -2.16. The molecule has 4 nitrogen and oxygen atoms in total. The Balaban J connectivity index is 2.40. The molecule has 2 aromatic carbocycles. The van der Waals surface area contributed by atoms with Gasteiger partial charge in [0.25, 0.3) is 0 Å².